The number of fused-ring (bicyclic) bond motifs is 1. The van der Waals surface area contributed by atoms with Crippen molar-refractivity contribution in [3.8, 4) is 0 Å². The lowest BCUT2D eigenvalue weighted by Gasteiger charge is -2.30. The molecule has 5 nitrogen and oxygen atoms in total. The molecule has 2 aliphatic heterocycles. The number of carbonyl (C=O) groups excluding carboxylic acids is 2. The number of anilines is 2. The first kappa shape index (κ1) is 17.0. The minimum Gasteiger partial charge on any atom is -0.326 e. The summed E-state index contributed by atoms with van der Waals surface area (Å²) in [5, 5.41) is 6.45. The first-order chi connectivity index (χ1) is 11.6. The summed E-state index contributed by atoms with van der Waals surface area (Å²) >= 11 is 0. The molecule has 2 amide bonds. The second-order valence-electron chi connectivity index (χ2n) is 6.95. The van der Waals surface area contributed by atoms with Gasteiger partial charge in [-0.3, -0.25) is 9.59 Å². The number of nitrogens with zero attached hydrogens (tertiary/aromatic N) is 1. The van der Waals surface area contributed by atoms with Gasteiger partial charge < -0.3 is 15.5 Å². The van der Waals surface area contributed by atoms with Crippen LogP contribution in [0.25, 0.3) is 0 Å². The molecule has 0 saturated carbocycles. The summed E-state index contributed by atoms with van der Waals surface area (Å²) in [6.45, 7) is 5.86. The number of piperidine rings is 1. The lowest BCUT2D eigenvalue weighted by Crippen LogP contribution is -2.40. The van der Waals surface area contributed by atoms with Crippen LogP contribution in [-0.2, 0) is 16.0 Å². The van der Waals surface area contributed by atoms with E-state index in [2.05, 4.69) is 24.5 Å². The molecule has 2 N–H and O–H groups in total. The van der Waals surface area contributed by atoms with Crippen LogP contribution in [0.2, 0.25) is 0 Å². The third-order valence-electron chi connectivity index (χ3n) is 4.99. The van der Waals surface area contributed by atoms with Gasteiger partial charge in [0.05, 0.1) is 0 Å². The minimum absolute atomic E-state index is 0.0791. The zero-order valence-electron chi connectivity index (χ0n) is 14.6. The van der Waals surface area contributed by atoms with Crippen LogP contribution < -0.4 is 15.5 Å². The van der Waals surface area contributed by atoms with Gasteiger partial charge >= 0.3 is 0 Å². The average Bonchev–Trinajstić information content (AvgIpc) is 2.57. The van der Waals surface area contributed by atoms with Crippen LogP contribution in [0.4, 0.5) is 11.4 Å². The molecule has 0 aliphatic carbocycles. The topological polar surface area (TPSA) is 61.4 Å². The largest absolute Gasteiger partial charge is 0.326 e. The molecule has 2 atom stereocenters. The summed E-state index contributed by atoms with van der Waals surface area (Å²) in [5.74, 6) is 0.390. The van der Waals surface area contributed by atoms with Crippen molar-refractivity contribution >= 4 is 23.2 Å². The molecule has 2 heterocycles. The van der Waals surface area contributed by atoms with E-state index < -0.39 is 0 Å². The van der Waals surface area contributed by atoms with E-state index in [1.165, 1.54) is 0 Å². The van der Waals surface area contributed by atoms with Crippen LogP contribution in [0.15, 0.2) is 18.2 Å². The highest BCUT2D eigenvalue weighted by Gasteiger charge is 2.26. The van der Waals surface area contributed by atoms with Crippen molar-refractivity contribution < 1.29 is 9.59 Å². The number of carbonyl (C=O) groups is 2. The first-order valence-corrected chi connectivity index (χ1v) is 9.06. The molecule has 1 aromatic carbocycles. The van der Waals surface area contributed by atoms with Crippen molar-refractivity contribution in [2.75, 3.05) is 23.3 Å². The molecule has 1 aromatic rings. The van der Waals surface area contributed by atoms with Gasteiger partial charge in [-0.05, 0) is 62.9 Å². The van der Waals surface area contributed by atoms with Crippen LogP contribution in [0.5, 0.6) is 0 Å². The Bertz CT molecular complexity index is 629. The fourth-order valence-electron chi connectivity index (χ4n) is 3.72. The van der Waals surface area contributed by atoms with Gasteiger partial charge in [0.2, 0.25) is 11.8 Å². The SMILES string of the molecule is CCCN1C(=O)CCc2cc(NC(=O)[C@H]3CCN[C@@H](C)C3)ccc21. The van der Waals surface area contributed by atoms with E-state index in [9.17, 15) is 9.59 Å². The average molecular weight is 329 g/mol. The van der Waals surface area contributed by atoms with Gasteiger partial charge in [0.1, 0.15) is 0 Å². The third-order valence-corrected chi connectivity index (χ3v) is 4.99. The van der Waals surface area contributed by atoms with E-state index in [4.69, 9.17) is 0 Å². The lowest BCUT2D eigenvalue weighted by atomic mass is 9.92. The molecular weight excluding hydrogens is 302 g/mol. The second kappa shape index (κ2) is 7.34. The maximum Gasteiger partial charge on any atom is 0.227 e. The molecule has 0 unspecified atom stereocenters. The summed E-state index contributed by atoms with van der Waals surface area (Å²) in [5.41, 5.74) is 3.00. The highest BCUT2D eigenvalue weighted by molar-refractivity contribution is 5.98. The predicted molar refractivity (Wildman–Crippen MR) is 96.2 cm³/mol. The molecule has 1 saturated heterocycles. The van der Waals surface area contributed by atoms with Crippen LogP contribution >= 0.6 is 0 Å². The number of amides is 2. The summed E-state index contributed by atoms with van der Waals surface area (Å²) in [6.07, 6.45) is 4.02. The highest BCUT2D eigenvalue weighted by Crippen LogP contribution is 2.31. The molecule has 130 valence electrons. The van der Waals surface area contributed by atoms with E-state index >= 15 is 0 Å². The van der Waals surface area contributed by atoms with Crippen LogP contribution in [-0.4, -0.2) is 30.9 Å². The fraction of sp³-hybridized carbons (Fsp3) is 0.579. The Labute approximate surface area is 143 Å². The minimum atomic E-state index is 0.0791. The number of aryl methyl sites for hydroxylation is 1. The van der Waals surface area contributed by atoms with Crippen molar-refractivity contribution in [1.29, 1.82) is 0 Å². The molecule has 0 aromatic heterocycles. The van der Waals surface area contributed by atoms with E-state index in [1.807, 2.05) is 23.1 Å². The Morgan fingerprint density at radius 1 is 1.38 bits per heavy atom. The van der Waals surface area contributed by atoms with E-state index in [0.29, 0.717) is 12.5 Å². The van der Waals surface area contributed by atoms with Crippen molar-refractivity contribution in [3.63, 3.8) is 0 Å². The second-order valence-corrected chi connectivity index (χ2v) is 6.95. The molecule has 5 heteroatoms. The lowest BCUT2D eigenvalue weighted by molar-refractivity contribution is -0.121. The van der Waals surface area contributed by atoms with E-state index in [1.54, 1.807) is 0 Å². The molecule has 0 spiro atoms. The fourth-order valence-corrected chi connectivity index (χ4v) is 3.72. The Kier molecular flexibility index (Phi) is 5.19. The van der Waals surface area contributed by atoms with Gasteiger partial charge in [-0.15, -0.1) is 0 Å². The van der Waals surface area contributed by atoms with Gasteiger partial charge in [0.15, 0.2) is 0 Å². The van der Waals surface area contributed by atoms with Crippen molar-refractivity contribution in [3.05, 3.63) is 23.8 Å². The quantitative estimate of drug-likeness (QED) is 0.893. The molecule has 2 aliphatic rings. The maximum atomic E-state index is 12.5. The van der Waals surface area contributed by atoms with Gasteiger partial charge in [-0.1, -0.05) is 6.92 Å². The van der Waals surface area contributed by atoms with Gasteiger partial charge in [-0.25, -0.2) is 0 Å². The van der Waals surface area contributed by atoms with Crippen LogP contribution in [0, 0.1) is 5.92 Å². The van der Waals surface area contributed by atoms with Gasteiger partial charge in [0, 0.05) is 36.3 Å². The Morgan fingerprint density at radius 2 is 2.21 bits per heavy atom. The zero-order valence-corrected chi connectivity index (χ0v) is 14.6. The van der Waals surface area contributed by atoms with Crippen molar-refractivity contribution in [2.45, 2.75) is 52.0 Å². The van der Waals surface area contributed by atoms with Crippen molar-refractivity contribution in [2.24, 2.45) is 5.92 Å². The number of rotatable bonds is 4. The summed E-state index contributed by atoms with van der Waals surface area (Å²) in [6, 6.07) is 6.32. The van der Waals surface area contributed by atoms with E-state index in [0.717, 1.165) is 55.7 Å². The third kappa shape index (κ3) is 3.61. The summed E-state index contributed by atoms with van der Waals surface area (Å²) < 4.78 is 0. The van der Waals surface area contributed by atoms with E-state index in [-0.39, 0.29) is 17.7 Å². The normalized spacial score (nSPS) is 23.8. The Balaban J connectivity index is 1.72. The Morgan fingerprint density at radius 3 is 2.96 bits per heavy atom. The first-order valence-electron chi connectivity index (χ1n) is 9.06. The van der Waals surface area contributed by atoms with Gasteiger partial charge in [-0.2, -0.15) is 0 Å². The van der Waals surface area contributed by atoms with Crippen LogP contribution in [0.1, 0.15) is 45.1 Å². The summed E-state index contributed by atoms with van der Waals surface area (Å²) in [7, 11) is 0. The smallest absolute Gasteiger partial charge is 0.227 e. The Hall–Kier alpha value is -1.88. The van der Waals surface area contributed by atoms with Gasteiger partial charge in [0.25, 0.3) is 0 Å². The maximum absolute atomic E-state index is 12.5. The molecule has 0 bridgehead atoms. The standard InChI is InChI=1S/C19H27N3O2/c1-3-10-22-17-6-5-16(12-14(17)4-7-18(22)23)21-19(24)15-8-9-20-13(2)11-15/h5-6,12-13,15,20H,3-4,7-11H2,1-2H3,(H,21,24)/t13-,15-/m0/s1. The molecule has 0 radical (unpaired) electrons. The zero-order chi connectivity index (χ0) is 17.1. The molecule has 1 fully saturated rings. The molecule has 3 rings (SSSR count). The number of hydrogen-bond acceptors (Lipinski definition) is 3. The van der Waals surface area contributed by atoms with Crippen LogP contribution in [0.3, 0.4) is 0 Å². The summed E-state index contributed by atoms with van der Waals surface area (Å²) in [4.78, 5) is 26.5. The molecule has 24 heavy (non-hydrogen) atoms. The van der Waals surface area contributed by atoms with Crippen molar-refractivity contribution in [1.82, 2.24) is 5.32 Å². The highest BCUT2D eigenvalue weighted by atomic mass is 16.2. The number of nitrogens with one attached hydrogen (secondary N) is 2. The predicted octanol–water partition coefficient (Wildman–Crippen LogP) is 2.70. The number of benzene rings is 1. The molecular formula is C19H27N3O2. The number of hydrogen-bond donors (Lipinski definition) is 2. The monoisotopic (exact) mass is 329 g/mol.